The van der Waals surface area contributed by atoms with E-state index in [4.69, 9.17) is 0 Å². The van der Waals surface area contributed by atoms with E-state index in [9.17, 15) is 0 Å². The zero-order valence-electron chi connectivity index (χ0n) is 15.8. The molecule has 0 fully saturated rings. The Labute approximate surface area is 214 Å². The fraction of sp³-hybridized carbons (Fsp3) is 0.538. The van der Waals surface area contributed by atoms with Crippen LogP contribution in [0.3, 0.4) is 0 Å². The second-order valence-corrected chi connectivity index (χ2v) is 19.7. The molecule has 0 nitrogen and oxygen atoms in total. The van der Waals surface area contributed by atoms with Gasteiger partial charge in [-0.25, -0.2) is 0 Å². The Morgan fingerprint density at radius 3 is 0.778 bits per heavy atom. The van der Waals surface area contributed by atoms with E-state index in [1.807, 2.05) is 41.5 Å². The maximum Gasteiger partial charge on any atom is 0 e. The van der Waals surface area contributed by atoms with Crippen molar-refractivity contribution >= 4 is 134 Å². The van der Waals surface area contributed by atoms with Crippen LogP contribution >= 0.6 is 0 Å². The molecule has 158 valence electrons. The predicted octanol–water partition coefficient (Wildman–Crippen LogP) is 3.69. The summed E-state index contributed by atoms with van der Waals surface area (Å²) in [5.41, 5.74) is 0. The lowest BCUT2D eigenvalue weighted by atomic mass is 10.7. The monoisotopic (exact) mass is 626 g/mol. The van der Waals surface area contributed by atoms with E-state index < -0.39 is 0 Å². The van der Waals surface area contributed by atoms with Crippen LogP contribution in [0.4, 0.5) is 0 Å². The minimum atomic E-state index is 1.36. The summed E-state index contributed by atoms with van der Waals surface area (Å²) in [4.78, 5) is 0. The van der Waals surface area contributed by atoms with Crippen molar-refractivity contribution < 1.29 is 0 Å². The molecule has 0 saturated heterocycles. The molecule has 0 aromatic heterocycles. The number of rotatable bonds is 0. The Morgan fingerprint density at radius 1 is 0.519 bits per heavy atom. The fourth-order valence-corrected chi connectivity index (χ4v) is 22.0. The lowest BCUT2D eigenvalue weighted by Crippen LogP contribution is -1.37. The van der Waals surface area contributed by atoms with Gasteiger partial charge in [0.2, 0.25) is 0 Å². The summed E-state index contributed by atoms with van der Waals surface area (Å²) >= 11 is 16.7. The SMILES string of the molecule is C#CC.CC.CC#CC.CC#CC.S=S.S=S=S=S=S=S=S=S=S=S=S=S. The summed E-state index contributed by atoms with van der Waals surface area (Å²) in [7, 11) is 16.3. The first-order valence-electron chi connectivity index (χ1n) is 6.29. The van der Waals surface area contributed by atoms with Gasteiger partial charge in [0.15, 0.2) is 0 Å². The quantitative estimate of drug-likeness (QED) is 0.376. The van der Waals surface area contributed by atoms with E-state index in [2.05, 4.69) is 80.8 Å². The van der Waals surface area contributed by atoms with Crippen LogP contribution in [0.5, 0.6) is 0 Å². The van der Waals surface area contributed by atoms with Crippen molar-refractivity contribution in [2.45, 2.75) is 48.5 Å². The predicted molar refractivity (Wildman–Crippen MR) is 167 cm³/mol. The van der Waals surface area contributed by atoms with Gasteiger partial charge < -0.3 is 0 Å². The lowest BCUT2D eigenvalue weighted by molar-refractivity contribution is 1.50. The van der Waals surface area contributed by atoms with Crippen molar-refractivity contribution in [3.8, 4) is 36.0 Å². The minimum Gasteiger partial charge on any atom is -0.120 e. The first-order chi connectivity index (χ1) is 13.2. The zero-order valence-corrected chi connectivity index (χ0v) is 27.2. The van der Waals surface area contributed by atoms with Crippen LogP contribution in [0.25, 0.3) is 0 Å². The highest BCUT2D eigenvalue weighted by Gasteiger charge is 1.38. The number of hydrogen-bond acceptors (Lipinski definition) is 4. The van der Waals surface area contributed by atoms with Crippen LogP contribution in [-0.4, -0.2) is 0 Å². The Morgan fingerprint density at radius 2 is 0.667 bits per heavy atom. The molecular weight excluding hydrogens is 605 g/mol. The minimum absolute atomic E-state index is 1.36. The molecule has 0 unspecified atom stereocenters. The number of terminal acetylenes is 1. The molecule has 14 heteroatoms. The van der Waals surface area contributed by atoms with Gasteiger partial charge in [0.05, 0.1) is 0 Å². The largest absolute Gasteiger partial charge is 0.120 e. The molecule has 0 bridgehead atoms. The van der Waals surface area contributed by atoms with E-state index >= 15 is 0 Å². The standard InChI is InChI=1S/2C4H6.C3H4.C2H6.S12.S2/c2*1-3-4-2;1-3-2;1-2;1-3-5-7-9-11-12-10-8-6-4-2;1-2/h2*1-2H3;1H,2H3;1-2H3;;. The van der Waals surface area contributed by atoms with Crippen molar-refractivity contribution in [1.29, 1.82) is 0 Å². The summed E-state index contributed by atoms with van der Waals surface area (Å²) in [6.07, 6.45) is 4.60. The van der Waals surface area contributed by atoms with Crippen LogP contribution in [0.2, 0.25) is 0 Å². The van der Waals surface area contributed by atoms with Crippen LogP contribution in [-0.2, 0) is 134 Å². The molecule has 0 radical (unpaired) electrons. The molecule has 0 saturated carbocycles. The van der Waals surface area contributed by atoms with Crippen LogP contribution in [0.15, 0.2) is 0 Å². The molecule has 0 atom stereocenters. The average molecular weight is 627 g/mol. The van der Waals surface area contributed by atoms with Crippen molar-refractivity contribution in [2.24, 2.45) is 0 Å². The van der Waals surface area contributed by atoms with Gasteiger partial charge >= 0.3 is 0 Å². The first kappa shape index (κ1) is 42.8. The molecule has 0 aromatic rings. The molecule has 27 heavy (non-hydrogen) atoms. The summed E-state index contributed by atoms with van der Waals surface area (Å²) in [6.45, 7) is 12.9. The lowest BCUT2D eigenvalue weighted by Gasteiger charge is -1.40. The highest BCUT2D eigenvalue weighted by molar-refractivity contribution is 8.75. The third-order valence-electron chi connectivity index (χ3n) is 0.750. The smallest absolute Gasteiger partial charge is 0 e. The highest BCUT2D eigenvalue weighted by atomic mass is 33.4. The van der Waals surface area contributed by atoms with E-state index in [0.717, 1.165) is 0 Å². The topological polar surface area (TPSA) is 0 Å². The molecule has 0 amide bonds. The Kier molecular flexibility index (Phi) is 112. The summed E-state index contributed by atoms with van der Waals surface area (Å²) in [6, 6.07) is 0. The maximum atomic E-state index is 4.69. The van der Waals surface area contributed by atoms with Gasteiger partial charge in [-0.05, 0) is 34.6 Å². The zero-order chi connectivity index (χ0) is 22.6. The van der Waals surface area contributed by atoms with Crippen molar-refractivity contribution in [1.82, 2.24) is 0 Å². The second-order valence-electron chi connectivity index (χ2n) is 1.97. The van der Waals surface area contributed by atoms with Crippen LogP contribution in [0.1, 0.15) is 48.5 Å². The van der Waals surface area contributed by atoms with Gasteiger partial charge in [0.1, 0.15) is 0 Å². The summed E-state index contributed by atoms with van der Waals surface area (Å²) < 4.78 is 0. The maximum absolute atomic E-state index is 4.69. The van der Waals surface area contributed by atoms with Gasteiger partial charge in [0, 0.05) is 134 Å². The van der Waals surface area contributed by atoms with Gasteiger partial charge in [-0.2, -0.15) is 0 Å². The third kappa shape index (κ3) is 113. The van der Waals surface area contributed by atoms with E-state index in [-0.39, 0.29) is 0 Å². The molecule has 0 aliphatic carbocycles. The van der Waals surface area contributed by atoms with E-state index in [1.165, 1.54) is 17.8 Å². The summed E-state index contributed by atoms with van der Waals surface area (Å²) in [5.74, 6) is 13.0. The van der Waals surface area contributed by atoms with Crippen molar-refractivity contribution in [3.05, 3.63) is 0 Å². The van der Waals surface area contributed by atoms with Crippen molar-refractivity contribution in [2.75, 3.05) is 0 Å². The van der Waals surface area contributed by atoms with Gasteiger partial charge in [-0.15, -0.1) is 36.0 Å². The van der Waals surface area contributed by atoms with Gasteiger partial charge in [-0.1, -0.05) is 13.8 Å². The Bertz CT molecular complexity index is 779. The molecule has 0 rings (SSSR count). The third-order valence-corrected chi connectivity index (χ3v) is 20.7. The molecule has 0 heterocycles. The summed E-state index contributed by atoms with van der Waals surface area (Å²) in [5, 5.41) is 0. The first-order valence-corrected chi connectivity index (χ1v) is 22.3. The van der Waals surface area contributed by atoms with Gasteiger partial charge in [0.25, 0.3) is 0 Å². The second kappa shape index (κ2) is 70.8. The molecule has 0 aliphatic rings. The van der Waals surface area contributed by atoms with E-state index in [0.29, 0.717) is 0 Å². The molecule has 0 aromatic carbocycles. The van der Waals surface area contributed by atoms with Gasteiger partial charge in [-0.3, -0.25) is 0 Å². The Hall–Kier alpha value is 1.76. The number of hydrogen-bond donors (Lipinski definition) is 0. The molecule has 0 N–H and O–H groups in total. The fourth-order valence-electron chi connectivity index (χ4n) is 0.0907. The Balaban J connectivity index is -0.0000000608. The molecule has 0 aliphatic heterocycles. The van der Waals surface area contributed by atoms with Crippen LogP contribution in [0, 0.1) is 36.0 Å². The average Bonchev–Trinajstić information content (AvgIpc) is 2.74. The molecular formula is C13H22S14. The molecule has 0 spiro atoms. The van der Waals surface area contributed by atoms with Crippen LogP contribution < -0.4 is 0 Å². The normalized spacial score (nSPS) is 4.81. The van der Waals surface area contributed by atoms with E-state index in [1.54, 1.807) is 78.0 Å². The highest BCUT2D eigenvalue weighted by Crippen LogP contribution is 1.40. The van der Waals surface area contributed by atoms with Crippen molar-refractivity contribution in [3.63, 3.8) is 0 Å².